The molecule has 0 saturated carbocycles. The number of ketones is 1. The number of hydrogen-bond donors (Lipinski definition) is 0. The molecule has 1 atom stereocenters. The zero-order valence-electron chi connectivity index (χ0n) is 17.3. The van der Waals surface area contributed by atoms with Gasteiger partial charge in [0.15, 0.2) is 6.61 Å². The first-order valence-electron chi connectivity index (χ1n) is 9.65. The van der Waals surface area contributed by atoms with Gasteiger partial charge in [-0.2, -0.15) is 0 Å². The quantitative estimate of drug-likeness (QED) is 0.499. The highest BCUT2D eigenvalue weighted by atomic mass is 16.5. The van der Waals surface area contributed by atoms with E-state index in [2.05, 4.69) is 4.57 Å². The van der Waals surface area contributed by atoms with E-state index in [1.165, 1.54) is 14.2 Å². The Morgan fingerprint density at radius 3 is 2.59 bits per heavy atom. The number of Topliss-reactive ketones (excluding diaryl/α,β-unsaturated/α-hetero) is 1. The number of carbonyl (C=O) groups excluding carboxylic acids is 2. The molecule has 0 amide bonds. The van der Waals surface area contributed by atoms with Gasteiger partial charge in [-0.05, 0) is 44.9 Å². The van der Waals surface area contributed by atoms with Crippen molar-refractivity contribution in [2.24, 2.45) is 0 Å². The summed E-state index contributed by atoms with van der Waals surface area (Å²) in [4.78, 5) is 25.1. The fraction of sp³-hybridized carbons (Fsp3) is 0.455. The average Bonchev–Trinajstić information content (AvgIpc) is 3.35. The number of rotatable bonds is 8. The van der Waals surface area contributed by atoms with Crippen LogP contribution in [0.3, 0.4) is 0 Å². The molecule has 2 heterocycles. The van der Waals surface area contributed by atoms with E-state index in [0.29, 0.717) is 17.1 Å². The van der Waals surface area contributed by atoms with Crippen LogP contribution in [-0.2, 0) is 16.0 Å². The fourth-order valence-electron chi connectivity index (χ4n) is 3.61. The van der Waals surface area contributed by atoms with Gasteiger partial charge in [0.25, 0.3) is 0 Å². The Morgan fingerprint density at radius 2 is 1.93 bits per heavy atom. The van der Waals surface area contributed by atoms with E-state index in [-0.39, 0.29) is 24.1 Å². The van der Waals surface area contributed by atoms with Gasteiger partial charge >= 0.3 is 5.97 Å². The van der Waals surface area contributed by atoms with Gasteiger partial charge in [0.05, 0.1) is 20.3 Å². The van der Waals surface area contributed by atoms with Crippen LogP contribution in [0.2, 0.25) is 0 Å². The van der Waals surface area contributed by atoms with Crippen molar-refractivity contribution in [1.29, 1.82) is 0 Å². The summed E-state index contributed by atoms with van der Waals surface area (Å²) in [6.45, 7) is 5.06. The number of benzene rings is 1. The Hall–Kier alpha value is -2.80. The molecule has 1 saturated heterocycles. The van der Waals surface area contributed by atoms with Crippen LogP contribution in [0, 0.1) is 13.8 Å². The zero-order valence-corrected chi connectivity index (χ0v) is 17.3. The lowest BCUT2D eigenvalue weighted by molar-refractivity contribution is 0.0471. The normalized spacial score (nSPS) is 15.9. The zero-order chi connectivity index (χ0) is 21.0. The van der Waals surface area contributed by atoms with Crippen LogP contribution in [0.5, 0.6) is 11.5 Å². The van der Waals surface area contributed by atoms with Crippen molar-refractivity contribution in [2.75, 3.05) is 27.4 Å². The highest BCUT2D eigenvalue weighted by Crippen LogP contribution is 2.25. The van der Waals surface area contributed by atoms with Gasteiger partial charge < -0.3 is 23.5 Å². The Balaban J connectivity index is 1.67. The maximum atomic E-state index is 12.7. The molecule has 1 aromatic carbocycles. The van der Waals surface area contributed by atoms with Gasteiger partial charge in [0, 0.05) is 36.2 Å². The van der Waals surface area contributed by atoms with E-state index in [1.807, 2.05) is 19.9 Å². The molecule has 0 spiro atoms. The van der Waals surface area contributed by atoms with Crippen LogP contribution in [-0.4, -0.2) is 49.9 Å². The van der Waals surface area contributed by atoms with Crippen molar-refractivity contribution in [2.45, 2.75) is 39.3 Å². The third-order valence-corrected chi connectivity index (χ3v) is 5.25. The molecule has 7 heteroatoms. The molecule has 2 aromatic rings. The molecule has 1 aliphatic heterocycles. The van der Waals surface area contributed by atoms with E-state index in [0.717, 1.165) is 37.4 Å². The molecule has 156 valence electrons. The van der Waals surface area contributed by atoms with E-state index < -0.39 is 5.97 Å². The number of carbonyl (C=O) groups is 2. The van der Waals surface area contributed by atoms with E-state index in [9.17, 15) is 9.59 Å². The van der Waals surface area contributed by atoms with Crippen LogP contribution in [0.25, 0.3) is 0 Å². The summed E-state index contributed by atoms with van der Waals surface area (Å²) in [5, 5.41) is 0. The van der Waals surface area contributed by atoms with Crippen molar-refractivity contribution in [3.63, 3.8) is 0 Å². The summed E-state index contributed by atoms with van der Waals surface area (Å²) < 4.78 is 23.4. The third-order valence-electron chi connectivity index (χ3n) is 5.25. The Morgan fingerprint density at radius 1 is 1.14 bits per heavy atom. The Labute approximate surface area is 170 Å². The Kier molecular flexibility index (Phi) is 6.59. The number of nitrogens with zero attached hydrogens (tertiary/aromatic N) is 1. The molecule has 1 aliphatic rings. The molecule has 7 nitrogen and oxygen atoms in total. The van der Waals surface area contributed by atoms with Crippen molar-refractivity contribution in [3.8, 4) is 11.5 Å². The molecule has 1 fully saturated rings. The first kappa shape index (κ1) is 20.9. The third kappa shape index (κ3) is 4.62. The van der Waals surface area contributed by atoms with Crippen molar-refractivity contribution in [3.05, 3.63) is 46.8 Å². The largest absolute Gasteiger partial charge is 0.497 e. The summed E-state index contributed by atoms with van der Waals surface area (Å²) in [5.41, 5.74) is 2.66. The lowest BCUT2D eigenvalue weighted by Gasteiger charge is -2.14. The van der Waals surface area contributed by atoms with Crippen molar-refractivity contribution < 1.29 is 28.5 Å². The SMILES string of the molecule is COc1ccc(C(=O)OCC(=O)c2cc(C)n(CC3CCCO3)c2C)c(OC)c1. The van der Waals surface area contributed by atoms with E-state index in [1.54, 1.807) is 18.2 Å². The van der Waals surface area contributed by atoms with Gasteiger partial charge in [0.1, 0.15) is 17.1 Å². The number of aromatic nitrogens is 1. The number of esters is 1. The smallest absolute Gasteiger partial charge is 0.342 e. The average molecular weight is 401 g/mol. The van der Waals surface area contributed by atoms with Crippen LogP contribution >= 0.6 is 0 Å². The fourth-order valence-corrected chi connectivity index (χ4v) is 3.61. The summed E-state index contributed by atoms with van der Waals surface area (Å²) in [5.74, 6) is 0.0354. The van der Waals surface area contributed by atoms with Gasteiger partial charge in [-0.1, -0.05) is 0 Å². The molecule has 1 unspecified atom stereocenters. The lowest BCUT2D eigenvalue weighted by Crippen LogP contribution is -2.18. The predicted molar refractivity (Wildman–Crippen MR) is 107 cm³/mol. The monoisotopic (exact) mass is 401 g/mol. The van der Waals surface area contributed by atoms with Gasteiger partial charge in [-0.3, -0.25) is 4.79 Å². The summed E-state index contributed by atoms with van der Waals surface area (Å²) in [6.07, 6.45) is 2.28. The van der Waals surface area contributed by atoms with Gasteiger partial charge in [0.2, 0.25) is 5.78 Å². The molecule has 0 N–H and O–H groups in total. The van der Waals surface area contributed by atoms with Crippen LogP contribution in [0.1, 0.15) is 44.9 Å². The minimum absolute atomic E-state index is 0.183. The van der Waals surface area contributed by atoms with Crippen molar-refractivity contribution in [1.82, 2.24) is 4.57 Å². The minimum Gasteiger partial charge on any atom is -0.497 e. The summed E-state index contributed by atoms with van der Waals surface area (Å²) in [6, 6.07) is 6.63. The molecule has 29 heavy (non-hydrogen) atoms. The maximum absolute atomic E-state index is 12.7. The number of methoxy groups -OCH3 is 2. The molecular formula is C22H27NO6. The van der Waals surface area contributed by atoms with Gasteiger partial charge in [-0.25, -0.2) is 4.79 Å². The molecule has 1 aromatic heterocycles. The molecule has 0 bridgehead atoms. The highest BCUT2D eigenvalue weighted by Gasteiger charge is 2.22. The maximum Gasteiger partial charge on any atom is 0.342 e. The van der Waals surface area contributed by atoms with Crippen molar-refractivity contribution >= 4 is 11.8 Å². The second-order valence-corrected chi connectivity index (χ2v) is 7.10. The highest BCUT2D eigenvalue weighted by molar-refractivity contribution is 6.01. The first-order chi connectivity index (χ1) is 13.9. The standard InChI is InChI=1S/C22H27NO6/c1-14-10-19(15(2)23(14)12-17-6-5-9-28-17)20(24)13-29-22(25)18-8-7-16(26-3)11-21(18)27-4/h7-8,10-11,17H,5-6,9,12-13H2,1-4H3. The lowest BCUT2D eigenvalue weighted by atomic mass is 10.1. The summed E-state index contributed by atoms with van der Waals surface area (Å²) in [7, 11) is 2.99. The van der Waals surface area contributed by atoms with E-state index in [4.69, 9.17) is 18.9 Å². The summed E-state index contributed by atoms with van der Waals surface area (Å²) >= 11 is 0. The molecular weight excluding hydrogens is 374 g/mol. The second kappa shape index (κ2) is 9.13. The number of aryl methyl sites for hydroxylation is 1. The van der Waals surface area contributed by atoms with Gasteiger partial charge in [-0.15, -0.1) is 0 Å². The number of ether oxygens (including phenoxy) is 4. The molecule has 0 radical (unpaired) electrons. The predicted octanol–water partition coefficient (Wildman–Crippen LogP) is 3.34. The van der Waals surface area contributed by atoms with Crippen LogP contribution < -0.4 is 9.47 Å². The Bertz CT molecular complexity index is 895. The van der Waals surface area contributed by atoms with Crippen LogP contribution in [0.15, 0.2) is 24.3 Å². The number of hydrogen-bond acceptors (Lipinski definition) is 6. The second-order valence-electron chi connectivity index (χ2n) is 7.10. The topological polar surface area (TPSA) is 76.0 Å². The molecule has 3 rings (SSSR count). The first-order valence-corrected chi connectivity index (χ1v) is 9.65. The molecule has 0 aliphatic carbocycles. The van der Waals surface area contributed by atoms with Crippen LogP contribution in [0.4, 0.5) is 0 Å². The van der Waals surface area contributed by atoms with E-state index >= 15 is 0 Å². The minimum atomic E-state index is -0.619.